The van der Waals surface area contributed by atoms with E-state index in [0.717, 1.165) is 27.5 Å². The number of carbonyl (C=O) groups is 1. The zero-order chi connectivity index (χ0) is 15.5. The third-order valence-electron chi connectivity index (χ3n) is 3.59. The van der Waals surface area contributed by atoms with Crippen LogP contribution in [0.5, 0.6) is 0 Å². The number of benzene rings is 1. The molecule has 0 radical (unpaired) electrons. The summed E-state index contributed by atoms with van der Waals surface area (Å²) in [5.74, 6) is -0.0109. The summed E-state index contributed by atoms with van der Waals surface area (Å²) in [4.78, 5) is 21.7. The molecule has 0 saturated carbocycles. The van der Waals surface area contributed by atoms with Crippen LogP contribution in [0, 0.1) is 0 Å². The van der Waals surface area contributed by atoms with E-state index < -0.39 is 0 Å². The van der Waals surface area contributed by atoms with Crippen molar-refractivity contribution in [1.82, 2.24) is 14.9 Å². The van der Waals surface area contributed by atoms with Crippen LogP contribution in [-0.4, -0.2) is 34.4 Å². The lowest BCUT2D eigenvalue weighted by atomic mass is 10.2. The van der Waals surface area contributed by atoms with Crippen LogP contribution in [0.3, 0.4) is 0 Å². The van der Waals surface area contributed by atoms with Crippen LogP contribution in [0.2, 0.25) is 0 Å². The maximum atomic E-state index is 12.5. The van der Waals surface area contributed by atoms with Crippen molar-refractivity contribution in [2.45, 2.75) is 6.42 Å². The number of halogens is 1. The summed E-state index contributed by atoms with van der Waals surface area (Å²) < 4.78 is 0.990. The number of likely N-dealkylation sites (N-methyl/N-ethyl adjacent to an activating group) is 1. The number of H-pyrrole nitrogens is 1. The third kappa shape index (κ3) is 3.20. The Labute approximate surface area is 137 Å². The SMILES string of the molecule is CN(CCc1ccccn1)C(=O)c1cc2ccc(Br)cc2[nH]1. The molecule has 3 aromatic rings. The fraction of sp³-hybridized carbons (Fsp3) is 0.176. The summed E-state index contributed by atoms with van der Waals surface area (Å²) in [6, 6.07) is 13.6. The normalized spacial score (nSPS) is 10.8. The van der Waals surface area contributed by atoms with Crippen LogP contribution < -0.4 is 0 Å². The van der Waals surface area contributed by atoms with Gasteiger partial charge in [0.2, 0.25) is 0 Å². The fourth-order valence-electron chi connectivity index (χ4n) is 2.35. The van der Waals surface area contributed by atoms with Crippen molar-refractivity contribution < 1.29 is 4.79 Å². The molecule has 112 valence electrons. The highest BCUT2D eigenvalue weighted by Gasteiger charge is 2.14. The van der Waals surface area contributed by atoms with Crippen molar-refractivity contribution in [3.8, 4) is 0 Å². The van der Waals surface area contributed by atoms with Gasteiger partial charge in [0, 0.05) is 47.3 Å². The Hall–Kier alpha value is -2.14. The summed E-state index contributed by atoms with van der Waals surface area (Å²) in [6.45, 7) is 0.634. The van der Waals surface area contributed by atoms with Gasteiger partial charge >= 0.3 is 0 Å². The highest BCUT2D eigenvalue weighted by atomic mass is 79.9. The number of hydrogen-bond donors (Lipinski definition) is 1. The summed E-state index contributed by atoms with van der Waals surface area (Å²) >= 11 is 3.44. The molecule has 0 aliphatic carbocycles. The first-order valence-corrected chi connectivity index (χ1v) is 7.86. The van der Waals surface area contributed by atoms with Crippen molar-refractivity contribution in [2.75, 3.05) is 13.6 Å². The molecule has 0 saturated heterocycles. The molecule has 4 nitrogen and oxygen atoms in total. The van der Waals surface area contributed by atoms with Gasteiger partial charge in [-0.2, -0.15) is 0 Å². The zero-order valence-electron chi connectivity index (χ0n) is 12.2. The number of aromatic nitrogens is 2. The van der Waals surface area contributed by atoms with Crippen LogP contribution in [-0.2, 0) is 6.42 Å². The maximum absolute atomic E-state index is 12.5. The minimum absolute atomic E-state index is 0.0109. The fourth-order valence-corrected chi connectivity index (χ4v) is 2.71. The number of carbonyl (C=O) groups excluding carboxylic acids is 1. The predicted octanol–water partition coefficient (Wildman–Crippen LogP) is 3.64. The number of nitrogens with zero attached hydrogens (tertiary/aromatic N) is 2. The van der Waals surface area contributed by atoms with E-state index in [1.165, 1.54) is 0 Å². The first kappa shape index (κ1) is 14.8. The second-order valence-electron chi connectivity index (χ2n) is 5.21. The highest BCUT2D eigenvalue weighted by Crippen LogP contribution is 2.20. The number of hydrogen-bond acceptors (Lipinski definition) is 2. The lowest BCUT2D eigenvalue weighted by Gasteiger charge is -2.15. The average molecular weight is 358 g/mol. The molecule has 0 fully saturated rings. The van der Waals surface area contributed by atoms with Gasteiger partial charge in [0.1, 0.15) is 5.69 Å². The van der Waals surface area contributed by atoms with Gasteiger partial charge in [0.25, 0.3) is 5.91 Å². The molecule has 1 aromatic carbocycles. The van der Waals surface area contributed by atoms with Crippen molar-refractivity contribution in [3.05, 3.63) is 64.5 Å². The summed E-state index contributed by atoms with van der Waals surface area (Å²) in [6.07, 6.45) is 2.52. The molecular weight excluding hydrogens is 342 g/mol. The van der Waals surface area contributed by atoms with Gasteiger partial charge < -0.3 is 9.88 Å². The lowest BCUT2D eigenvalue weighted by molar-refractivity contribution is 0.0791. The molecular formula is C17H16BrN3O. The molecule has 22 heavy (non-hydrogen) atoms. The van der Waals surface area contributed by atoms with E-state index in [4.69, 9.17) is 0 Å². The average Bonchev–Trinajstić information content (AvgIpc) is 2.95. The van der Waals surface area contributed by atoms with Crippen molar-refractivity contribution in [1.29, 1.82) is 0 Å². The van der Waals surface area contributed by atoms with Gasteiger partial charge in [-0.3, -0.25) is 9.78 Å². The topological polar surface area (TPSA) is 49.0 Å². The Morgan fingerprint density at radius 3 is 2.91 bits per heavy atom. The summed E-state index contributed by atoms with van der Waals surface area (Å²) in [7, 11) is 1.81. The molecule has 0 bridgehead atoms. The second-order valence-corrected chi connectivity index (χ2v) is 6.13. The monoisotopic (exact) mass is 357 g/mol. The van der Waals surface area contributed by atoms with Crippen molar-refractivity contribution in [2.24, 2.45) is 0 Å². The van der Waals surface area contributed by atoms with Gasteiger partial charge in [0.15, 0.2) is 0 Å². The van der Waals surface area contributed by atoms with E-state index >= 15 is 0 Å². The van der Waals surface area contributed by atoms with Gasteiger partial charge in [-0.15, -0.1) is 0 Å². The minimum atomic E-state index is -0.0109. The van der Waals surface area contributed by atoms with E-state index in [0.29, 0.717) is 12.2 Å². The first-order valence-electron chi connectivity index (χ1n) is 7.07. The molecule has 1 N–H and O–H groups in total. The largest absolute Gasteiger partial charge is 0.350 e. The Kier molecular flexibility index (Phi) is 4.24. The molecule has 0 atom stereocenters. The molecule has 0 aliphatic rings. The van der Waals surface area contributed by atoms with Crippen LogP contribution in [0.25, 0.3) is 10.9 Å². The molecule has 0 unspecified atom stereocenters. The smallest absolute Gasteiger partial charge is 0.270 e. The number of rotatable bonds is 4. The van der Waals surface area contributed by atoms with Gasteiger partial charge in [-0.1, -0.05) is 28.1 Å². The maximum Gasteiger partial charge on any atom is 0.270 e. The molecule has 0 spiro atoms. The highest BCUT2D eigenvalue weighted by molar-refractivity contribution is 9.10. The molecule has 2 aromatic heterocycles. The van der Waals surface area contributed by atoms with Crippen molar-refractivity contribution in [3.63, 3.8) is 0 Å². The summed E-state index contributed by atoms with van der Waals surface area (Å²) in [5.41, 5.74) is 2.55. The quantitative estimate of drug-likeness (QED) is 0.774. The molecule has 5 heteroatoms. The van der Waals surface area contributed by atoms with E-state index in [-0.39, 0.29) is 5.91 Å². The Balaban J connectivity index is 1.71. The van der Waals surface area contributed by atoms with Crippen molar-refractivity contribution >= 4 is 32.7 Å². The van der Waals surface area contributed by atoms with Gasteiger partial charge in [0.05, 0.1) is 0 Å². The second kappa shape index (κ2) is 6.32. The van der Waals surface area contributed by atoms with E-state index in [1.807, 2.05) is 49.5 Å². The molecule has 3 rings (SSSR count). The zero-order valence-corrected chi connectivity index (χ0v) is 13.8. The number of pyridine rings is 1. The van der Waals surface area contributed by atoms with Gasteiger partial charge in [-0.25, -0.2) is 0 Å². The molecule has 1 amide bonds. The third-order valence-corrected chi connectivity index (χ3v) is 4.08. The Morgan fingerprint density at radius 2 is 2.14 bits per heavy atom. The van der Waals surface area contributed by atoms with Crippen LogP contribution >= 0.6 is 15.9 Å². The predicted molar refractivity (Wildman–Crippen MR) is 90.9 cm³/mol. The minimum Gasteiger partial charge on any atom is -0.350 e. The molecule has 2 heterocycles. The Morgan fingerprint density at radius 1 is 1.27 bits per heavy atom. The summed E-state index contributed by atoms with van der Waals surface area (Å²) in [5, 5.41) is 1.03. The number of nitrogens with one attached hydrogen (secondary N) is 1. The first-order chi connectivity index (χ1) is 10.6. The number of aromatic amines is 1. The number of amides is 1. The van der Waals surface area contributed by atoms with Crippen LogP contribution in [0.15, 0.2) is 53.1 Å². The standard InChI is InChI=1S/C17H16BrN3O/c1-21(9-7-14-4-2-3-8-19-14)17(22)16-10-12-5-6-13(18)11-15(12)20-16/h2-6,8,10-11,20H,7,9H2,1H3. The van der Waals surface area contributed by atoms with E-state index in [9.17, 15) is 4.79 Å². The lowest BCUT2D eigenvalue weighted by Crippen LogP contribution is -2.29. The van der Waals surface area contributed by atoms with Crippen LogP contribution in [0.4, 0.5) is 0 Å². The van der Waals surface area contributed by atoms with E-state index in [2.05, 4.69) is 25.9 Å². The number of fused-ring (bicyclic) bond motifs is 1. The van der Waals surface area contributed by atoms with Crippen LogP contribution in [0.1, 0.15) is 16.2 Å². The van der Waals surface area contributed by atoms with Gasteiger partial charge in [-0.05, 0) is 30.3 Å². The molecule has 0 aliphatic heterocycles. The van der Waals surface area contributed by atoms with E-state index in [1.54, 1.807) is 11.1 Å². The Bertz CT molecular complexity index is 798.